The van der Waals surface area contributed by atoms with Crippen LogP contribution in [0.4, 0.5) is 5.82 Å². The lowest BCUT2D eigenvalue weighted by Crippen LogP contribution is -2.19. The second-order valence-corrected chi connectivity index (χ2v) is 6.16. The van der Waals surface area contributed by atoms with E-state index in [0.717, 1.165) is 23.6 Å². The van der Waals surface area contributed by atoms with Gasteiger partial charge in [0.05, 0.1) is 11.3 Å². The average Bonchev–Trinajstić information content (AvgIpc) is 2.83. The molecule has 0 amide bonds. The molecule has 1 fully saturated rings. The Bertz CT molecular complexity index is 421. The van der Waals surface area contributed by atoms with Crippen LogP contribution in [0.25, 0.3) is 0 Å². The molecular formula is C11H18N4S2. The molecule has 1 aromatic rings. The highest BCUT2D eigenvalue weighted by atomic mass is 32.2. The second kappa shape index (κ2) is 5.27. The maximum absolute atomic E-state index is 5.75. The molecule has 1 aliphatic rings. The molecule has 1 unspecified atom stereocenters. The predicted octanol–water partition coefficient (Wildman–Crippen LogP) is 1.67. The molecule has 17 heavy (non-hydrogen) atoms. The third-order valence-electron chi connectivity index (χ3n) is 2.99. The van der Waals surface area contributed by atoms with Crippen molar-refractivity contribution in [3.63, 3.8) is 0 Å². The highest BCUT2D eigenvalue weighted by molar-refractivity contribution is 8.00. The van der Waals surface area contributed by atoms with Crippen LogP contribution < -0.4 is 11.1 Å². The molecule has 2 heterocycles. The van der Waals surface area contributed by atoms with Crippen LogP contribution in [-0.2, 0) is 7.05 Å². The number of aromatic nitrogens is 2. The van der Waals surface area contributed by atoms with Crippen LogP contribution in [0.2, 0.25) is 0 Å². The lowest BCUT2D eigenvalue weighted by Gasteiger charge is -2.12. The van der Waals surface area contributed by atoms with Crippen molar-refractivity contribution in [3.8, 4) is 0 Å². The first-order valence-corrected chi connectivity index (χ1v) is 7.24. The summed E-state index contributed by atoms with van der Waals surface area (Å²) >= 11 is 7.11. The molecule has 0 spiro atoms. The second-order valence-electron chi connectivity index (χ2n) is 4.31. The van der Waals surface area contributed by atoms with E-state index in [9.17, 15) is 0 Å². The fourth-order valence-electron chi connectivity index (χ4n) is 2.17. The zero-order chi connectivity index (χ0) is 12.4. The smallest absolute Gasteiger partial charge is 0.134 e. The van der Waals surface area contributed by atoms with E-state index in [1.165, 1.54) is 18.6 Å². The molecule has 2 rings (SSSR count). The lowest BCUT2D eigenvalue weighted by molar-refractivity contribution is 0.747. The number of hydrogen-bond donors (Lipinski definition) is 2. The van der Waals surface area contributed by atoms with Gasteiger partial charge in [0, 0.05) is 18.8 Å². The molecule has 4 nitrogen and oxygen atoms in total. The summed E-state index contributed by atoms with van der Waals surface area (Å²) in [5.41, 5.74) is 7.52. The molecule has 0 saturated carbocycles. The Morgan fingerprint density at radius 1 is 1.71 bits per heavy atom. The van der Waals surface area contributed by atoms with Gasteiger partial charge in [0.25, 0.3) is 0 Å². The van der Waals surface area contributed by atoms with Crippen LogP contribution in [0, 0.1) is 6.92 Å². The van der Waals surface area contributed by atoms with Gasteiger partial charge < -0.3 is 11.1 Å². The Kier molecular flexibility index (Phi) is 3.93. The summed E-state index contributed by atoms with van der Waals surface area (Å²) in [5, 5.41) is 8.49. The van der Waals surface area contributed by atoms with Crippen molar-refractivity contribution in [2.45, 2.75) is 25.0 Å². The minimum atomic E-state index is 0.414. The SMILES string of the molecule is Cc1nn(C)c(NCC2CCCS2)c1C(N)=S. The molecule has 6 heteroatoms. The number of nitrogens with one attached hydrogen (secondary N) is 1. The van der Waals surface area contributed by atoms with Crippen molar-refractivity contribution in [1.82, 2.24) is 9.78 Å². The number of thiocarbonyl (C=S) groups is 1. The molecule has 0 bridgehead atoms. The quantitative estimate of drug-likeness (QED) is 0.815. The van der Waals surface area contributed by atoms with Crippen LogP contribution >= 0.6 is 24.0 Å². The maximum Gasteiger partial charge on any atom is 0.134 e. The third kappa shape index (κ3) is 2.74. The van der Waals surface area contributed by atoms with Crippen molar-refractivity contribution in [1.29, 1.82) is 0 Å². The topological polar surface area (TPSA) is 55.9 Å². The van der Waals surface area contributed by atoms with Gasteiger partial charge >= 0.3 is 0 Å². The average molecular weight is 270 g/mol. The summed E-state index contributed by atoms with van der Waals surface area (Å²) in [7, 11) is 1.92. The summed E-state index contributed by atoms with van der Waals surface area (Å²) in [4.78, 5) is 0.414. The van der Waals surface area contributed by atoms with Gasteiger partial charge in [-0.05, 0) is 25.5 Å². The Labute approximate surface area is 111 Å². The number of aryl methyl sites for hydroxylation is 2. The van der Waals surface area contributed by atoms with Crippen LogP contribution in [0.5, 0.6) is 0 Å². The molecule has 3 N–H and O–H groups in total. The monoisotopic (exact) mass is 270 g/mol. The van der Waals surface area contributed by atoms with Gasteiger partial charge in [0.2, 0.25) is 0 Å². The van der Waals surface area contributed by atoms with Crippen LogP contribution in [0.1, 0.15) is 24.1 Å². The van der Waals surface area contributed by atoms with E-state index >= 15 is 0 Å². The van der Waals surface area contributed by atoms with Crippen LogP contribution in [0.3, 0.4) is 0 Å². The van der Waals surface area contributed by atoms with E-state index in [4.69, 9.17) is 18.0 Å². The third-order valence-corrected chi connectivity index (χ3v) is 4.59. The van der Waals surface area contributed by atoms with E-state index in [-0.39, 0.29) is 0 Å². The fraction of sp³-hybridized carbons (Fsp3) is 0.636. The Balaban J connectivity index is 2.11. The van der Waals surface area contributed by atoms with Crippen molar-refractivity contribution >= 4 is 34.8 Å². The van der Waals surface area contributed by atoms with Gasteiger partial charge in [-0.15, -0.1) is 0 Å². The van der Waals surface area contributed by atoms with Crippen molar-refractivity contribution in [2.75, 3.05) is 17.6 Å². The van der Waals surface area contributed by atoms with Crippen molar-refractivity contribution in [3.05, 3.63) is 11.3 Å². The highest BCUT2D eigenvalue weighted by Crippen LogP contribution is 2.27. The maximum atomic E-state index is 5.75. The Morgan fingerprint density at radius 3 is 3.06 bits per heavy atom. The zero-order valence-corrected chi connectivity index (χ0v) is 11.8. The fourth-order valence-corrected chi connectivity index (χ4v) is 3.62. The zero-order valence-electron chi connectivity index (χ0n) is 10.2. The summed E-state index contributed by atoms with van der Waals surface area (Å²) in [5.74, 6) is 2.22. The Morgan fingerprint density at radius 2 is 2.47 bits per heavy atom. The standard InChI is InChI=1S/C11H18N4S2/c1-7-9(10(12)16)11(15(2)14-7)13-6-8-4-3-5-17-8/h8,13H,3-6H2,1-2H3,(H2,12,16). The van der Waals surface area contributed by atoms with E-state index in [1.54, 1.807) is 0 Å². The summed E-state index contributed by atoms with van der Waals surface area (Å²) in [6.45, 7) is 2.89. The molecule has 0 radical (unpaired) electrons. The molecule has 1 aliphatic heterocycles. The normalized spacial score (nSPS) is 19.5. The minimum Gasteiger partial charge on any atom is -0.389 e. The van der Waals surface area contributed by atoms with E-state index in [0.29, 0.717) is 10.2 Å². The van der Waals surface area contributed by atoms with Gasteiger partial charge in [-0.1, -0.05) is 12.2 Å². The number of nitrogens with two attached hydrogens (primary N) is 1. The van der Waals surface area contributed by atoms with Gasteiger partial charge in [-0.25, -0.2) is 0 Å². The summed E-state index contributed by atoms with van der Waals surface area (Å²) in [6.07, 6.45) is 2.61. The molecule has 0 aliphatic carbocycles. The first-order valence-electron chi connectivity index (χ1n) is 5.78. The van der Waals surface area contributed by atoms with Crippen LogP contribution in [-0.4, -0.2) is 32.3 Å². The van der Waals surface area contributed by atoms with E-state index in [2.05, 4.69) is 10.4 Å². The molecule has 0 aromatic carbocycles. The van der Waals surface area contributed by atoms with E-state index in [1.807, 2.05) is 30.4 Å². The van der Waals surface area contributed by atoms with Gasteiger partial charge in [-0.3, -0.25) is 4.68 Å². The summed E-state index contributed by atoms with van der Waals surface area (Å²) in [6, 6.07) is 0. The number of rotatable bonds is 4. The largest absolute Gasteiger partial charge is 0.389 e. The molecule has 94 valence electrons. The first-order chi connectivity index (χ1) is 8.09. The van der Waals surface area contributed by atoms with E-state index < -0.39 is 0 Å². The molecule has 1 atom stereocenters. The predicted molar refractivity (Wildman–Crippen MR) is 77.8 cm³/mol. The van der Waals surface area contributed by atoms with Gasteiger partial charge in [-0.2, -0.15) is 16.9 Å². The number of hydrogen-bond acceptors (Lipinski definition) is 4. The number of anilines is 1. The summed E-state index contributed by atoms with van der Waals surface area (Å²) < 4.78 is 1.82. The van der Waals surface area contributed by atoms with Crippen LogP contribution in [0.15, 0.2) is 0 Å². The van der Waals surface area contributed by atoms with Gasteiger partial charge in [0.1, 0.15) is 10.8 Å². The molecule has 1 aromatic heterocycles. The molecule has 1 saturated heterocycles. The highest BCUT2D eigenvalue weighted by Gasteiger charge is 2.19. The number of thioether (sulfide) groups is 1. The number of nitrogens with zero attached hydrogens (tertiary/aromatic N) is 2. The first kappa shape index (κ1) is 12.7. The Hall–Kier alpha value is -0.750. The van der Waals surface area contributed by atoms with Crippen molar-refractivity contribution < 1.29 is 0 Å². The van der Waals surface area contributed by atoms with Crippen molar-refractivity contribution in [2.24, 2.45) is 12.8 Å². The lowest BCUT2D eigenvalue weighted by atomic mass is 10.2. The van der Waals surface area contributed by atoms with Gasteiger partial charge in [0.15, 0.2) is 0 Å². The molecular weight excluding hydrogens is 252 g/mol. The minimum absolute atomic E-state index is 0.414.